The molecule has 2 amide bonds. The second-order valence-electron chi connectivity index (χ2n) is 5.99. The Balaban J connectivity index is 2.01. The molecule has 1 saturated heterocycles. The number of likely N-dealkylation sites (tertiary alicyclic amines) is 1. The number of carbonyl (C=O) groups excluding carboxylic acids is 2. The average Bonchev–Trinajstić information content (AvgIpc) is 2.54. The van der Waals surface area contributed by atoms with Crippen LogP contribution in [0.4, 0.5) is 0 Å². The molecule has 2 rings (SSSR count). The van der Waals surface area contributed by atoms with Gasteiger partial charge in [-0.05, 0) is 30.5 Å². The van der Waals surface area contributed by atoms with Crippen LogP contribution in [0, 0.1) is 5.92 Å². The summed E-state index contributed by atoms with van der Waals surface area (Å²) in [7, 11) is 0. The number of halogens is 1. The number of piperidine rings is 1. The van der Waals surface area contributed by atoms with Gasteiger partial charge in [-0.25, -0.2) is 0 Å². The summed E-state index contributed by atoms with van der Waals surface area (Å²) in [6, 6.07) is 6.68. The molecular formula is C17H21BrN2O4. The first-order valence-electron chi connectivity index (χ1n) is 7.90. The van der Waals surface area contributed by atoms with Gasteiger partial charge >= 0.3 is 5.97 Å². The van der Waals surface area contributed by atoms with Gasteiger partial charge in [0.1, 0.15) is 0 Å². The molecule has 0 aliphatic carbocycles. The number of benzene rings is 1. The molecule has 0 spiro atoms. The van der Waals surface area contributed by atoms with E-state index < -0.39 is 12.0 Å². The van der Waals surface area contributed by atoms with Crippen molar-refractivity contribution in [1.82, 2.24) is 10.2 Å². The Morgan fingerprint density at radius 2 is 1.83 bits per heavy atom. The number of carboxylic acid groups (broad SMARTS) is 1. The van der Waals surface area contributed by atoms with Gasteiger partial charge in [0.2, 0.25) is 11.8 Å². The van der Waals surface area contributed by atoms with Gasteiger partial charge < -0.3 is 15.3 Å². The quantitative estimate of drug-likeness (QED) is 0.799. The number of carboxylic acids is 1. The van der Waals surface area contributed by atoms with Crippen LogP contribution >= 0.6 is 15.9 Å². The molecule has 0 radical (unpaired) electrons. The van der Waals surface area contributed by atoms with Gasteiger partial charge in [-0.1, -0.05) is 28.1 Å². The SMILES string of the molecule is CC(=O)N1CCC(C(=O)N[C@H](CC(=O)O)c2ccc(Br)cc2)CC1. The fraction of sp³-hybridized carbons (Fsp3) is 0.471. The van der Waals surface area contributed by atoms with Crippen molar-refractivity contribution in [2.75, 3.05) is 13.1 Å². The highest BCUT2D eigenvalue weighted by molar-refractivity contribution is 9.10. The van der Waals surface area contributed by atoms with Crippen molar-refractivity contribution < 1.29 is 19.5 Å². The first-order valence-corrected chi connectivity index (χ1v) is 8.69. The summed E-state index contributed by atoms with van der Waals surface area (Å²) in [5, 5.41) is 12.0. The minimum absolute atomic E-state index is 0.0208. The summed E-state index contributed by atoms with van der Waals surface area (Å²) >= 11 is 3.34. The van der Waals surface area contributed by atoms with Crippen LogP contribution in [0.1, 0.15) is 37.8 Å². The van der Waals surface area contributed by atoms with Crippen LogP contribution in [0.3, 0.4) is 0 Å². The maximum atomic E-state index is 12.5. The predicted octanol–water partition coefficient (Wildman–Crippen LogP) is 2.34. The first-order chi connectivity index (χ1) is 11.4. The Kier molecular flexibility index (Phi) is 6.36. The highest BCUT2D eigenvalue weighted by atomic mass is 79.9. The maximum Gasteiger partial charge on any atom is 0.305 e. The van der Waals surface area contributed by atoms with E-state index in [0.717, 1.165) is 10.0 Å². The summed E-state index contributed by atoms with van der Waals surface area (Å²) in [6.07, 6.45) is 1.04. The first kappa shape index (κ1) is 18.4. The topological polar surface area (TPSA) is 86.7 Å². The molecule has 1 aliphatic rings. The third-order valence-electron chi connectivity index (χ3n) is 4.28. The van der Waals surface area contributed by atoms with Crippen LogP contribution in [0.5, 0.6) is 0 Å². The number of hydrogen-bond donors (Lipinski definition) is 2. The molecule has 1 aromatic rings. The smallest absolute Gasteiger partial charge is 0.305 e. The number of rotatable bonds is 5. The molecule has 1 aromatic carbocycles. The van der Waals surface area contributed by atoms with Crippen LogP contribution < -0.4 is 5.32 Å². The number of nitrogens with zero attached hydrogens (tertiary/aromatic N) is 1. The molecule has 1 heterocycles. The monoisotopic (exact) mass is 396 g/mol. The summed E-state index contributed by atoms with van der Waals surface area (Å²) in [5.41, 5.74) is 0.759. The van der Waals surface area contributed by atoms with Crippen LogP contribution in [0.2, 0.25) is 0 Å². The minimum atomic E-state index is -0.963. The van der Waals surface area contributed by atoms with Gasteiger partial charge in [0.05, 0.1) is 12.5 Å². The summed E-state index contributed by atoms with van der Waals surface area (Å²) in [5.74, 6) is -1.28. The number of hydrogen-bond acceptors (Lipinski definition) is 3. The highest BCUT2D eigenvalue weighted by Crippen LogP contribution is 2.23. The van der Waals surface area contributed by atoms with Crippen molar-refractivity contribution in [3.63, 3.8) is 0 Å². The normalized spacial score (nSPS) is 16.5. The van der Waals surface area contributed by atoms with Crippen molar-refractivity contribution in [1.29, 1.82) is 0 Å². The Labute approximate surface area is 149 Å². The molecule has 0 aromatic heterocycles. The van der Waals surface area contributed by atoms with Gasteiger partial charge in [-0.3, -0.25) is 14.4 Å². The number of aliphatic carboxylic acids is 1. The van der Waals surface area contributed by atoms with E-state index in [2.05, 4.69) is 21.2 Å². The van der Waals surface area contributed by atoms with E-state index in [0.29, 0.717) is 25.9 Å². The van der Waals surface area contributed by atoms with E-state index in [9.17, 15) is 14.4 Å². The molecule has 0 unspecified atom stereocenters. The molecule has 0 saturated carbocycles. The van der Waals surface area contributed by atoms with Crippen LogP contribution in [0.25, 0.3) is 0 Å². The lowest BCUT2D eigenvalue weighted by atomic mass is 9.94. The van der Waals surface area contributed by atoms with Crippen LogP contribution in [-0.4, -0.2) is 40.9 Å². The standard InChI is InChI=1S/C17H21BrN2O4/c1-11(21)20-8-6-13(7-9-20)17(24)19-15(10-16(22)23)12-2-4-14(18)5-3-12/h2-5,13,15H,6-10H2,1H3,(H,19,24)(H,22,23)/t15-/m1/s1. The second kappa shape index (κ2) is 8.28. The van der Waals surface area contributed by atoms with Crippen molar-refractivity contribution >= 4 is 33.7 Å². The second-order valence-corrected chi connectivity index (χ2v) is 6.91. The van der Waals surface area contributed by atoms with E-state index in [1.54, 1.807) is 17.0 Å². The van der Waals surface area contributed by atoms with E-state index in [1.807, 2.05) is 12.1 Å². The lowest BCUT2D eigenvalue weighted by molar-refractivity contribution is -0.138. The molecule has 1 fully saturated rings. The number of amides is 2. The molecule has 2 N–H and O–H groups in total. The predicted molar refractivity (Wildman–Crippen MR) is 92.3 cm³/mol. The van der Waals surface area contributed by atoms with E-state index in [-0.39, 0.29) is 24.2 Å². The Hall–Kier alpha value is -1.89. The van der Waals surface area contributed by atoms with E-state index in [4.69, 9.17) is 5.11 Å². The minimum Gasteiger partial charge on any atom is -0.481 e. The highest BCUT2D eigenvalue weighted by Gasteiger charge is 2.28. The van der Waals surface area contributed by atoms with Crippen molar-refractivity contribution in [3.8, 4) is 0 Å². The molecule has 1 aliphatic heterocycles. The average molecular weight is 397 g/mol. The van der Waals surface area contributed by atoms with Crippen molar-refractivity contribution in [2.45, 2.75) is 32.2 Å². The lowest BCUT2D eigenvalue weighted by Gasteiger charge is -2.31. The zero-order valence-electron chi connectivity index (χ0n) is 13.5. The zero-order valence-corrected chi connectivity index (χ0v) is 15.1. The zero-order chi connectivity index (χ0) is 17.7. The molecule has 1 atom stereocenters. The molecular weight excluding hydrogens is 376 g/mol. The number of nitrogens with one attached hydrogen (secondary N) is 1. The maximum absolute atomic E-state index is 12.5. The summed E-state index contributed by atoms with van der Waals surface area (Å²) in [4.78, 5) is 36.7. The van der Waals surface area contributed by atoms with Crippen molar-refractivity contribution in [2.24, 2.45) is 5.92 Å². The molecule has 0 bridgehead atoms. The summed E-state index contributed by atoms with van der Waals surface area (Å²) < 4.78 is 0.892. The Morgan fingerprint density at radius 1 is 1.25 bits per heavy atom. The molecule has 7 heteroatoms. The molecule has 24 heavy (non-hydrogen) atoms. The summed E-state index contributed by atoms with van der Waals surface area (Å²) in [6.45, 7) is 2.65. The number of carbonyl (C=O) groups is 3. The molecule has 6 nitrogen and oxygen atoms in total. The Bertz CT molecular complexity index is 610. The van der Waals surface area contributed by atoms with Crippen LogP contribution in [-0.2, 0) is 14.4 Å². The molecule has 130 valence electrons. The van der Waals surface area contributed by atoms with Crippen molar-refractivity contribution in [3.05, 3.63) is 34.3 Å². The fourth-order valence-electron chi connectivity index (χ4n) is 2.87. The van der Waals surface area contributed by atoms with Gasteiger partial charge in [0.15, 0.2) is 0 Å². The van der Waals surface area contributed by atoms with Gasteiger partial charge in [0.25, 0.3) is 0 Å². The third kappa shape index (κ3) is 5.06. The van der Waals surface area contributed by atoms with E-state index in [1.165, 1.54) is 6.92 Å². The van der Waals surface area contributed by atoms with Gasteiger partial charge in [-0.15, -0.1) is 0 Å². The third-order valence-corrected chi connectivity index (χ3v) is 4.81. The Morgan fingerprint density at radius 3 is 2.33 bits per heavy atom. The largest absolute Gasteiger partial charge is 0.481 e. The fourth-order valence-corrected chi connectivity index (χ4v) is 3.13. The van der Waals surface area contributed by atoms with E-state index >= 15 is 0 Å². The lowest BCUT2D eigenvalue weighted by Crippen LogP contribution is -2.43. The van der Waals surface area contributed by atoms with Crippen LogP contribution in [0.15, 0.2) is 28.7 Å². The van der Waals surface area contributed by atoms with Gasteiger partial charge in [-0.2, -0.15) is 0 Å². The van der Waals surface area contributed by atoms with Gasteiger partial charge in [0, 0.05) is 30.4 Å².